The average molecular weight is 152 g/mol. The highest BCUT2D eigenvalue weighted by atomic mass is 15.2. The van der Waals surface area contributed by atoms with Crippen molar-refractivity contribution in [1.82, 2.24) is 4.90 Å². The third-order valence-electron chi connectivity index (χ3n) is 2.97. The molecule has 0 N–H and O–H groups in total. The Balaban J connectivity index is 2.18. The van der Waals surface area contributed by atoms with Crippen molar-refractivity contribution >= 4 is 5.84 Å². The molecule has 0 aromatic heterocycles. The van der Waals surface area contributed by atoms with E-state index < -0.39 is 0 Å². The molecule has 1 heterocycles. The van der Waals surface area contributed by atoms with Crippen LogP contribution in [-0.2, 0) is 0 Å². The molecule has 1 fully saturated rings. The molecular weight excluding hydrogens is 136 g/mol. The maximum atomic E-state index is 4.66. The van der Waals surface area contributed by atoms with Gasteiger partial charge in [0, 0.05) is 13.6 Å². The lowest BCUT2D eigenvalue weighted by atomic mass is 10.1. The van der Waals surface area contributed by atoms with Crippen LogP contribution < -0.4 is 0 Å². The van der Waals surface area contributed by atoms with Crippen LogP contribution in [0.4, 0.5) is 0 Å². The molecule has 0 amide bonds. The summed E-state index contributed by atoms with van der Waals surface area (Å²) in [7, 11) is 2.15. The lowest BCUT2D eigenvalue weighted by Crippen LogP contribution is -2.28. The molecular formula is C9H16N2. The largest absolute Gasteiger partial charge is 0.363 e. The Morgan fingerprint density at radius 3 is 3.09 bits per heavy atom. The van der Waals surface area contributed by atoms with Crippen molar-refractivity contribution in [3.63, 3.8) is 0 Å². The Hall–Kier alpha value is -0.530. The van der Waals surface area contributed by atoms with Crippen LogP contribution >= 0.6 is 0 Å². The van der Waals surface area contributed by atoms with Crippen molar-refractivity contribution in [3.05, 3.63) is 0 Å². The van der Waals surface area contributed by atoms with Crippen LogP contribution in [0.3, 0.4) is 0 Å². The molecule has 62 valence electrons. The van der Waals surface area contributed by atoms with Gasteiger partial charge in [-0.05, 0) is 32.1 Å². The highest BCUT2D eigenvalue weighted by Crippen LogP contribution is 2.30. The van der Waals surface area contributed by atoms with Gasteiger partial charge in [0.2, 0.25) is 0 Å². The van der Waals surface area contributed by atoms with E-state index in [1.54, 1.807) is 0 Å². The van der Waals surface area contributed by atoms with E-state index >= 15 is 0 Å². The van der Waals surface area contributed by atoms with E-state index in [1.165, 1.54) is 31.6 Å². The fourth-order valence-corrected chi connectivity index (χ4v) is 2.21. The minimum absolute atomic E-state index is 0.657. The zero-order valence-electron chi connectivity index (χ0n) is 7.38. The van der Waals surface area contributed by atoms with Crippen LogP contribution in [0.15, 0.2) is 4.99 Å². The van der Waals surface area contributed by atoms with Crippen molar-refractivity contribution in [3.8, 4) is 0 Å². The van der Waals surface area contributed by atoms with E-state index in [1.807, 2.05) is 0 Å². The smallest absolute Gasteiger partial charge is 0.0958 e. The first-order valence-corrected chi connectivity index (χ1v) is 4.51. The Bertz CT molecular complexity index is 186. The van der Waals surface area contributed by atoms with Crippen molar-refractivity contribution in [2.75, 3.05) is 13.6 Å². The first-order valence-electron chi connectivity index (χ1n) is 4.51. The summed E-state index contributed by atoms with van der Waals surface area (Å²) >= 11 is 0. The second kappa shape index (κ2) is 2.50. The van der Waals surface area contributed by atoms with E-state index in [4.69, 9.17) is 0 Å². The first-order chi connectivity index (χ1) is 5.25. The number of fused-ring (bicyclic) bond motifs is 2. The molecule has 2 unspecified atom stereocenters. The molecule has 0 saturated heterocycles. The zero-order chi connectivity index (χ0) is 7.84. The molecule has 2 bridgehead atoms. The highest BCUT2D eigenvalue weighted by Gasteiger charge is 2.28. The fraction of sp³-hybridized carbons (Fsp3) is 0.889. The summed E-state index contributed by atoms with van der Waals surface area (Å²) in [4.78, 5) is 6.96. The normalized spacial score (nSPS) is 36.9. The van der Waals surface area contributed by atoms with E-state index in [-0.39, 0.29) is 0 Å². The van der Waals surface area contributed by atoms with Crippen molar-refractivity contribution in [1.29, 1.82) is 0 Å². The Morgan fingerprint density at radius 1 is 1.45 bits per heavy atom. The molecule has 0 spiro atoms. The fourth-order valence-electron chi connectivity index (χ4n) is 2.21. The molecule has 1 aliphatic heterocycles. The van der Waals surface area contributed by atoms with Crippen LogP contribution in [0.25, 0.3) is 0 Å². The molecule has 0 aromatic carbocycles. The summed E-state index contributed by atoms with van der Waals surface area (Å²) in [5.41, 5.74) is 0. The van der Waals surface area contributed by atoms with Gasteiger partial charge in [0.15, 0.2) is 0 Å². The van der Waals surface area contributed by atoms with Crippen LogP contribution in [0, 0.1) is 5.92 Å². The maximum Gasteiger partial charge on any atom is 0.0958 e. The second-order valence-corrected chi connectivity index (χ2v) is 3.89. The van der Waals surface area contributed by atoms with Crippen LogP contribution in [0.2, 0.25) is 0 Å². The zero-order valence-corrected chi connectivity index (χ0v) is 7.38. The Morgan fingerprint density at radius 2 is 2.27 bits per heavy atom. The molecule has 1 saturated carbocycles. The summed E-state index contributed by atoms with van der Waals surface area (Å²) in [5, 5.41) is 0. The number of rotatable bonds is 0. The van der Waals surface area contributed by atoms with Crippen molar-refractivity contribution in [2.24, 2.45) is 10.9 Å². The number of hydrogen-bond donors (Lipinski definition) is 0. The number of nitrogens with zero attached hydrogens (tertiary/aromatic N) is 2. The summed E-state index contributed by atoms with van der Waals surface area (Å²) in [6.07, 6.45) is 4.06. The lowest BCUT2D eigenvalue weighted by Gasteiger charge is -2.21. The minimum Gasteiger partial charge on any atom is -0.363 e. The predicted octanol–water partition coefficient (Wildman–Crippen LogP) is 1.52. The van der Waals surface area contributed by atoms with Gasteiger partial charge in [0.05, 0.1) is 11.9 Å². The van der Waals surface area contributed by atoms with Gasteiger partial charge < -0.3 is 4.90 Å². The van der Waals surface area contributed by atoms with Gasteiger partial charge in [-0.25, -0.2) is 0 Å². The third-order valence-corrected chi connectivity index (χ3v) is 2.97. The average Bonchev–Trinajstić information content (AvgIpc) is 2.30. The van der Waals surface area contributed by atoms with E-state index in [0.29, 0.717) is 6.04 Å². The van der Waals surface area contributed by atoms with Crippen LogP contribution in [0.5, 0.6) is 0 Å². The van der Waals surface area contributed by atoms with Crippen LogP contribution in [0.1, 0.15) is 26.2 Å². The van der Waals surface area contributed by atoms with Gasteiger partial charge in [-0.15, -0.1) is 0 Å². The number of hydrogen-bond acceptors (Lipinski definition) is 2. The molecule has 0 radical (unpaired) electrons. The lowest BCUT2D eigenvalue weighted by molar-refractivity contribution is 0.394. The minimum atomic E-state index is 0.657. The Labute approximate surface area is 68.3 Å². The second-order valence-electron chi connectivity index (χ2n) is 3.89. The van der Waals surface area contributed by atoms with E-state index in [2.05, 4.69) is 23.9 Å². The summed E-state index contributed by atoms with van der Waals surface area (Å²) in [6.45, 7) is 3.35. The van der Waals surface area contributed by atoms with Crippen molar-refractivity contribution in [2.45, 2.75) is 32.2 Å². The van der Waals surface area contributed by atoms with E-state index in [0.717, 1.165) is 5.92 Å². The quantitative estimate of drug-likeness (QED) is 0.514. The van der Waals surface area contributed by atoms with Gasteiger partial charge in [-0.2, -0.15) is 0 Å². The molecule has 2 rings (SSSR count). The van der Waals surface area contributed by atoms with Gasteiger partial charge >= 0.3 is 0 Å². The molecule has 11 heavy (non-hydrogen) atoms. The monoisotopic (exact) mass is 152 g/mol. The Kier molecular flexibility index (Phi) is 1.63. The van der Waals surface area contributed by atoms with Crippen LogP contribution in [-0.4, -0.2) is 30.4 Å². The molecule has 1 aliphatic carbocycles. The van der Waals surface area contributed by atoms with Crippen molar-refractivity contribution < 1.29 is 0 Å². The SMILES string of the molecule is CC1=NC2CCC(C2)CN1C. The molecule has 2 atom stereocenters. The molecule has 2 aliphatic rings. The van der Waals surface area contributed by atoms with Gasteiger partial charge in [-0.3, -0.25) is 4.99 Å². The van der Waals surface area contributed by atoms with E-state index in [9.17, 15) is 0 Å². The van der Waals surface area contributed by atoms with Gasteiger partial charge in [0.25, 0.3) is 0 Å². The standard InChI is InChI=1S/C9H16N2/c1-7-10-9-4-3-8(5-9)6-11(7)2/h8-9H,3-6H2,1-2H3. The topological polar surface area (TPSA) is 15.6 Å². The van der Waals surface area contributed by atoms with Gasteiger partial charge in [-0.1, -0.05) is 0 Å². The molecule has 2 nitrogen and oxygen atoms in total. The summed E-state index contributed by atoms with van der Waals surface area (Å²) in [6, 6.07) is 0.657. The summed E-state index contributed by atoms with van der Waals surface area (Å²) in [5.74, 6) is 2.16. The highest BCUT2D eigenvalue weighted by molar-refractivity contribution is 5.79. The molecule has 2 heteroatoms. The third kappa shape index (κ3) is 1.26. The number of amidine groups is 1. The first kappa shape index (κ1) is 7.14. The maximum absolute atomic E-state index is 4.66. The predicted molar refractivity (Wildman–Crippen MR) is 46.9 cm³/mol. The van der Waals surface area contributed by atoms with Gasteiger partial charge in [0.1, 0.15) is 0 Å². The number of aliphatic imine (C=N–C) groups is 1. The molecule has 0 aromatic rings. The summed E-state index contributed by atoms with van der Waals surface area (Å²) < 4.78 is 0.